The molecule has 1 aliphatic rings. The van der Waals surface area contributed by atoms with E-state index in [1.807, 2.05) is 31.2 Å². The first-order valence-corrected chi connectivity index (χ1v) is 16.8. The molecule has 0 heterocycles. The van der Waals surface area contributed by atoms with Crippen LogP contribution in [0.25, 0.3) is 0 Å². The van der Waals surface area contributed by atoms with Gasteiger partial charge in [0.25, 0.3) is 10.0 Å². The Bertz CT molecular complexity index is 1530. The van der Waals surface area contributed by atoms with Crippen LogP contribution in [0.4, 0.5) is 5.69 Å². The van der Waals surface area contributed by atoms with Gasteiger partial charge in [-0.3, -0.25) is 13.9 Å². The molecule has 224 valence electrons. The topological polar surface area (TPSA) is 96.0 Å². The summed E-state index contributed by atoms with van der Waals surface area (Å²) < 4.78 is 35.8. The normalized spacial score (nSPS) is 14.3. The summed E-state index contributed by atoms with van der Waals surface area (Å²) in [6, 6.07) is 18.1. The number of anilines is 1. The zero-order valence-corrected chi connectivity index (χ0v) is 27.8. The van der Waals surface area contributed by atoms with Crippen LogP contribution in [0.15, 0.2) is 80.6 Å². The molecule has 42 heavy (non-hydrogen) atoms. The van der Waals surface area contributed by atoms with Crippen LogP contribution in [0.3, 0.4) is 0 Å². The van der Waals surface area contributed by atoms with Gasteiger partial charge in [0.2, 0.25) is 11.8 Å². The molecule has 0 saturated heterocycles. The molecule has 0 spiro atoms. The van der Waals surface area contributed by atoms with Crippen LogP contribution >= 0.6 is 31.9 Å². The lowest BCUT2D eigenvalue weighted by Crippen LogP contribution is -2.52. The van der Waals surface area contributed by atoms with E-state index in [0.29, 0.717) is 15.9 Å². The van der Waals surface area contributed by atoms with Crippen LogP contribution in [0.5, 0.6) is 5.75 Å². The largest absolute Gasteiger partial charge is 0.496 e. The summed E-state index contributed by atoms with van der Waals surface area (Å²) >= 11 is 6.85. The Hall–Kier alpha value is -2.89. The lowest BCUT2D eigenvalue weighted by Gasteiger charge is -2.32. The standard InChI is InChI=1S/C31H35Br2N3O5S/c1-21-11-13-26(14-12-21)36(42(39,40)27-15-16-29(41-3)28(33)18-27)20-30(37)35(19-23-7-6-8-24(32)17-23)22(2)31(38)34-25-9-4-5-10-25/h6-8,11-18,22,25H,4-5,9-10,19-20H2,1-3H3,(H,34,38). The number of aryl methyl sites for hydroxylation is 1. The number of hydrogen-bond acceptors (Lipinski definition) is 5. The van der Waals surface area contributed by atoms with Gasteiger partial charge in [-0.25, -0.2) is 8.42 Å². The number of carbonyl (C=O) groups is 2. The second kappa shape index (κ2) is 14.1. The van der Waals surface area contributed by atoms with E-state index >= 15 is 0 Å². The summed E-state index contributed by atoms with van der Waals surface area (Å²) in [7, 11) is -2.70. The van der Waals surface area contributed by atoms with Gasteiger partial charge in [0.1, 0.15) is 18.3 Å². The third-order valence-corrected chi connectivity index (χ3v) is 10.3. The summed E-state index contributed by atoms with van der Waals surface area (Å²) in [4.78, 5) is 28.9. The first-order chi connectivity index (χ1) is 20.0. The molecule has 8 nitrogen and oxygen atoms in total. The van der Waals surface area contributed by atoms with Crippen LogP contribution in [0, 0.1) is 6.92 Å². The SMILES string of the molecule is COc1ccc(S(=O)(=O)N(CC(=O)N(Cc2cccc(Br)c2)C(C)C(=O)NC2CCCC2)c2ccc(C)cc2)cc1Br. The Morgan fingerprint density at radius 2 is 1.71 bits per heavy atom. The molecule has 3 aromatic carbocycles. The van der Waals surface area contributed by atoms with Crippen molar-refractivity contribution in [2.75, 3.05) is 18.0 Å². The summed E-state index contributed by atoms with van der Waals surface area (Å²) in [5, 5.41) is 3.08. The average Bonchev–Trinajstić information content (AvgIpc) is 3.47. The van der Waals surface area contributed by atoms with Crippen LogP contribution in [-0.2, 0) is 26.2 Å². The highest BCUT2D eigenvalue weighted by Gasteiger charge is 2.33. The minimum Gasteiger partial charge on any atom is -0.496 e. The Kier molecular flexibility index (Phi) is 10.7. The minimum atomic E-state index is -4.19. The number of methoxy groups -OCH3 is 1. The second-order valence-corrected chi connectivity index (χ2v) is 14.1. The highest BCUT2D eigenvalue weighted by atomic mass is 79.9. The molecule has 4 rings (SSSR count). The number of sulfonamides is 1. The van der Waals surface area contributed by atoms with Crippen molar-refractivity contribution in [3.8, 4) is 5.75 Å². The van der Waals surface area contributed by atoms with Gasteiger partial charge < -0.3 is 15.0 Å². The van der Waals surface area contributed by atoms with E-state index in [2.05, 4.69) is 37.2 Å². The van der Waals surface area contributed by atoms with Gasteiger partial charge >= 0.3 is 0 Å². The fraction of sp³-hybridized carbons (Fsp3) is 0.355. The van der Waals surface area contributed by atoms with Crippen molar-refractivity contribution >= 4 is 59.4 Å². The third-order valence-electron chi connectivity index (χ3n) is 7.42. The van der Waals surface area contributed by atoms with Gasteiger partial charge in [0.15, 0.2) is 0 Å². The van der Waals surface area contributed by atoms with Gasteiger partial charge in [-0.15, -0.1) is 0 Å². The van der Waals surface area contributed by atoms with Crippen LogP contribution in [0.1, 0.15) is 43.7 Å². The summed E-state index contributed by atoms with van der Waals surface area (Å²) in [5.41, 5.74) is 2.09. The van der Waals surface area contributed by atoms with E-state index in [1.165, 1.54) is 24.1 Å². The number of hydrogen-bond donors (Lipinski definition) is 1. The van der Waals surface area contributed by atoms with Gasteiger partial charge in [-0.05, 0) is 90.6 Å². The van der Waals surface area contributed by atoms with Crippen molar-refractivity contribution in [1.82, 2.24) is 10.2 Å². The maximum absolute atomic E-state index is 14.1. The number of carbonyl (C=O) groups excluding carboxylic acids is 2. The van der Waals surface area contributed by atoms with E-state index < -0.39 is 28.5 Å². The van der Waals surface area contributed by atoms with Gasteiger partial charge in [0.05, 0.1) is 22.2 Å². The number of nitrogens with zero attached hydrogens (tertiary/aromatic N) is 2. The lowest BCUT2D eigenvalue weighted by atomic mass is 10.1. The molecule has 1 unspecified atom stereocenters. The Labute approximate surface area is 264 Å². The van der Waals surface area contributed by atoms with Gasteiger partial charge in [0, 0.05) is 17.1 Å². The van der Waals surface area contributed by atoms with Crippen LogP contribution in [0.2, 0.25) is 0 Å². The predicted molar refractivity (Wildman–Crippen MR) is 171 cm³/mol. The molecule has 1 atom stereocenters. The smallest absolute Gasteiger partial charge is 0.264 e. The molecular formula is C31H35Br2N3O5S. The molecule has 0 radical (unpaired) electrons. The number of amides is 2. The highest BCUT2D eigenvalue weighted by Crippen LogP contribution is 2.31. The second-order valence-electron chi connectivity index (χ2n) is 10.5. The number of halogens is 2. The molecule has 2 amide bonds. The zero-order chi connectivity index (χ0) is 30.4. The lowest BCUT2D eigenvalue weighted by molar-refractivity contribution is -0.139. The summed E-state index contributed by atoms with van der Waals surface area (Å²) in [6.07, 6.45) is 3.94. The zero-order valence-electron chi connectivity index (χ0n) is 23.8. The van der Waals surface area contributed by atoms with Crippen LogP contribution in [-0.4, -0.2) is 50.9 Å². The first-order valence-electron chi connectivity index (χ1n) is 13.8. The maximum atomic E-state index is 14.1. The van der Waals surface area contributed by atoms with Crippen molar-refractivity contribution in [2.45, 2.75) is 63.1 Å². The average molecular weight is 722 g/mol. The number of benzene rings is 3. The molecule has 0 bridgehead atoms. The van der Waals surface area contributed by atoms with Gasteiger partial charge in [-0.2, -0.15) is 0 Å². The molecule has 0 aliphatic heterocycles. The fourth-order valence-corrected chi connectivity index (χ4v) is 7.56. The number of ether oxygens (including phenoxy) is 1. The van der Waals surface area contributed by atoms with E-state index in [1.54, 1.807) is 37.3 Å². The minimum absolute atomic E-state index is 0.00545. The molecule has 1 N–H and O–H groups in total. The van der Waals surface area contributed by atoms with E-state index in [4.69, 9.17) is 4.74 Å². The molecule has 1 fully saturated rings. The Morgan fingerprint density at radius 1 is 1.02 bits per heavy atom. The molecule has 0 aromatic heterocycles. The van der Waals surface area contributed by atoms with Crippen LogP contribution < -0.4 is 14.4 Å². The van der Waals surface area contributed by atoms with Crippen molar-refractivity contribution in [2.24, 2.45) is 0 Å². The quantitative estimate of drug-likeness (QED) is 0.255. The molecular weight excluding hydrogens is 686 g/mol. The maximum Gasteiger partial charge on any atom is 0.264 e. The summed E-state index contributed by atoms with van der Waals surface area (Å²) in [5.74, 6) is -0.274. The molecule has 11 heteroatoms. The van der Waals surface area contributed by atoms with Crippen molar-refractivity contribution in [3.05, 3.63) is 86.8 Å². The monoisotopic (exact) mass is 719 g/mol. The summed E-state index contributed by atoms with van der Waals surface area (Å²) in [6.45, 7) is 3.22. The van der Waals surface area contributed by atoms with Gasteiger partial charge in [-0.1, -0.05) is 58.6 Å². The first kappa shape index (κ1) is 32.0. The predicted octanol–water partition coefficient (Wildman–Crippen LogP) is 6.20. The van der Waals surface area contributed by atoms with E-state index in [9.17, 15) is 18.0 Å². The molecule has 3 aromatic rings. The highest BCUT2D eigenvalue weighted by molar-refractivity contribution is 9.10. The van der Waals surface area contributed by atoms with Crippen molar-refractivity contribution in [1.29, 1.82) is 0 Å². The van der Waals surface area contributed by atoms with Crippen molar-refractivity contribution < 1.29 is 22.7 Å². The molecule has 1 aliphatic carbocycles. The Balaban J connectivity index is 1.70. The third kappa shape index (κ3) is 7.73. The number of nitrogens with one attached hydrogen (secondary N) is 1. The number of rotatable bonds is 11. The fourth-order valence-electron chi connectivity index (χ4n) is 4.98. The van der Waals surface area contributed by atoms with E-state index in [-0.39, 0.29) is 23.4 Å². The van der Waals surface area contributed by atoms with E-state index in [0.717, 1.165) is 45.6 Å². The molecule has 1 saturated carbocycles. The van der Waals surface area contributed by atoms with Crippen molar-refractivity contribution in [3.63, 3.8) is 0 Å². The Morgan fingerprint density at radius 3 is 2.33 bits per heavy atom.